The molecule has 0 atom stereocenters. The molecule has 1 heterocycles. The molecular formula is C16H23N3S. The van der Waals surface area contributed by atoms with Gasteiger partial charge in [0.15, 0.2) is 0 Å². The molecule has 0 amide bonds. The Hall–Kier alpha value is -1.26. The van der Waals surface area contributed by atoms with Crippen LogP contribution in [-0.2, 0) is 13.0 Å². The minimum absolute atomic E-state index is 0.664. The van der Waals surface area contributed by atoms with Crippen LogP contribution >= 0.6 is 11.3 Å². The standard InChI is InChI=1S/C16H23N3S/c1-11(2)9-17-10-16-19-18-15(20-16)8-14-7-12(3)5-6-13(14)4/h5-7,11,17H,8-10H2,1-4H3. The van der Waals surface area contributed by atoms with E-state index in [1.807, 2.05) is 0 Å². The largest absolute Gasteiger partial charge is 0.310 e. The molecule has 0 aliphatic rings. The van der Waals surface area contributed by atoms with Crippen molar-refractivity contribution in [3.8, 4) is 0 Å². The molecule has 0 spiro atoms. The van der Waals surface area contributed by atoms with E-state index in [4.69, 9.17) is 0 Å². The van der Waals surface area contributed by atoms with Gasteiger partial charge in [0.1, 0.15) is 10.0 Å². The van der Waals surface area contributed by atoms with Crippen molar-refractivity contribution < 1.29 is 0 Å². The molecule has 2 aromatic rings. The van der Waals surface area contributed by atoms with Crippen LogP contribution in [0, 0.1) is 19.8 Å². The Balaban J connectivity index is 1.97. The van der Waals surface area contributed by atoms with Crippen LogP contribution in [0.2, 0.25) is 0 Å². The quantitative estimate of drug-likeness (QED) is 0.884. The summed E-state index contributed by atoms with van der Waals surface area (Å²) in [6.07, 6.45) is 0.884. The van der Waals surface area contributed by atoms with E-state index in [0.29, 0.717) is 5.92 Å². The number of benzene rings is 1. The average Bonchev–Trinajstić information content (AvgIpc) is 2.81. The van der Waals surface area contributed by atoms with Gasteiger partial charge in [-0.1, -0.05) is 48.9 Å². The average molecular weight is 289 g/mol. The lowest BCUT2D eigenvalue weighted by Gasteiger charge is -2.05. The molecule has 0 saturated heterocycles. The molecule has 0 aliphatic carbocycles. The Kier molecular flexibility index (Phi) is 5.26. The SMILES string of the molecule is Cc1ccc(C)c(Cc2nnc(CNCC(C)C)s2)c1. The van der Waals surface area contributed by atoms with Crippen molar-refractivity contribution in [3.05, 3.63) is 44.9 Å². The number of hydrogen-bond acceptors (Lipinski definition) is 4. The van der Waals surface area contributed by atoms with Gasteiger partial charge in [-0.25, -0.2) is 0 Å². The normalized spacial score (nSPS) is 11.2. The number of aryl methyl sites for hydroxylation is 2. The number of hydrogen-bond donors (Lipinski definition) is 1. The Morgan fingerprint density at radius 1 is 1.15 bits per heavy atom. The van der Waals surface area contributed by atoms with Crippen LogP contribution in [0.15, 0.2) is 18.2 Å². The van der Waals surface area contributed by atoms with E-state index in [1.165, 1.54) is 16.7 Å². The fourth-order valence-electron chi connectivity index (χ4n) is 2.05. The van der Waals surface area contributed by atoms with Crippen LogP contribution in [-0.4, -0.2) is 16.7 Å². The number of rotatable bonds is 6. The van der Waals surface area contributed by atoms with Gasteiger partial charge in [-0.15, -0.1) is 10.2 Å². The van der Waals surface area contributed by atoms with E-state index in [9.17, 15) is 0 Å². The zero-order valence-corrected chi connectivity index (χ0v) is 13.5. The monoisotopic (exact) mass is 289 g/mol. The Morgan fingerprint density at radius 3 is 2.65 bits per heavy atom. The predicted octanol–water partition coefficient (Wildman–Crippen LogP) is 3.49. The van der Waals surface area contributed by atoms with Crippen molar-refractivity contribution in [1.29, 1.82) is 0 Å². The second-order valence-corrected chi connectivity index (χ2v) is 6.87. The third-order valence-electron chi connectivity index (χ3n) is 3.18. The topological polar surface area (TPSA) is 37.8 Å². The highest BCUT2D eigenvalue weighted by molar-refractivity contribution is 7.11. The molecule has 1 aromatic heterocycles. The fraction of sp³-hybridized carbons (Fsp3) is 0.500. The maximum atomic E-state index is 4.31. The number of aromatic nitrogens is 2. The molecule has 0 fully saturated rings. The van der Waals surface area contributed by atoms with E-state index in [1.54, 1.807) is 11.3 Å². The van der Waals surface area contributed by atoms with Crippen LogP contribution in [0.5, 0.6) is 0 Å². The third kappa shape index (κ3) is 4.39. The van der Waals surface area contributed by atoms with Gasteiger partial charge in [0.05, 0.1) is 0 Å². The lowest BCUT2D eigenvalue weighted by atomic mass is 10.0. The maximum absolute atomic E-state index is 4.31. The number of nitrogens with one attached hydrogen (secondary N) is 1. The molecule has 4 heteroatoms. The Morgan fingerprint density at radius 2 is 1.90 bits per heavy atom. The molecule has 0 unspecified atom stereocenters. The first-order chi connectivity index (χ1) is 9.54. The van der Waals surface area contributed by atoms with Gasteiger partial charge < -0.3 is 5.32 Å². The molecule has 20 heavy (non-hydrogen) atoms. The van der Waals surface area contributed by atoms with E-state index >= 15 is 0 Å². The highest BCUT2D eigenvalue weighted by Crippen LogP contribution is 2.18. The van der Waals surface area contributed by atoms with E-state index in [-0.39, 0.29) is 0 Å². The second-order valence-electron chi connectivity index (χ2n) is 5.72. The van der Waals surface area contributed by atoms with Gasteiger partial charge in [-0.2, -0.15) is 0 Å². The maximum Gasteiger partial charge on any atom is 0.131 e. The molecule has 0 bridgehead atoms. The lowest BCUT2D eigenvalue weighted by molar-refractivity contribution is 0.550. The summed E-state index contributed by atoms with van der Waals surface area (Å²) in [7, 11) is 0. The van der Waals surface area contributed by atoms with Crippen LogP contribution in [0.4, 0.5) is 0 Å². The second kappa shape index (κ2) is 6.95. The zero-order valence-electron chi connectivity index (χ0n) is 12.7. The lowest BCUT2D eigenvalue weighted by Crippen LogP contribution is -2.18. The van der Waals surface area contributed by atoms with E-state index in [0.717, 1.165) is 29.5 Å². The molecule has 3 nitrogen and oxygen atoms in total. The smallest absolute Gasteiger partial charge is 0.131 e. The van der Waals surface area contributed by atoms with E-state index in [2.05, 4.69) is 61.4 Å². The van der Waals surface area contributed by atoms with Gasteiger partial charge in [-0.05, 0) is 37.4 Å². The summed E-state index contributed by atoms with van der Waals surface area (Å²) in [5.74, 6) is 0.664. The summed E-state index contributed by atoms with van der Waals surface area (Å²) in [6, 6.07) is 6.57. The van der Waals surface area contributed by atoms with Crippen molar-refractivity contribution in [1.82, 2.24) is 15.5 Å². The van der Waals surface area contributed by atoms with Crippen LogP contribution < -0.4 is 5.32 Å². The number of nitrogens with zero attached hydrogens (tertiary/aromatic N) is 2. The minimum Gasteiger partial charge on any atom is -0.310 e. The van der Waals surface area contributed by atoms with Crippen LogP contribution in [0.3, 0.4) is 0 Å². The first-order valence-corrected chi connectivity index (χ1v) is 7.94. The first kappa shape index (κ1) is 15.1. The van der Waals surface area contributed by atoms with Gasteiger partial charge in [0.25, 0.3) is 0 Å². The predicted molar refractivity (Wildman–Crippen MR) is 85.2 cm³/mol. The molecule has 2 rings (SSSR count). The van der Waals surface area contributed by atoms with Crippen molar-refractivity contribution >= 4 is 11.3 Å². The van der Waals surface area contributed by atoms with Crippen LogP contribution in [0.1, 0.15) is 40.6 Å². The summed E-state index contributed by atoms with van der Waals surface area (Å²) in [4.78, 5) is 0. The van der Waals surface area contributed by atoms with Crippen molar-refractivity contribution in [3.63, 3.8) is 0 Å². The van der Waals surface area contributed by atoms with E-state index < -0.39 is 0 Å². The zero-order chi connectivity index (χ0) is 14.5. The molecule has 1 aromatic carbocycles. The third-order valence-corrected chi connectivity index (χ3v) is 4.11. The fourth-order valence-corrected chi connectivity index (χ4v) is 2.89. The van der Waals surface area contributed by atoms with Crippen molar-refractivity contribution in [2.24, 2.45) is 5.92 Å². The van der Waals surface area contributed by atoms with Gasteiger partial charge >= 0.3 is 0 Å². The minimum atomic E-state index is 0.664. The molecule has 0 saturated carbocycles. The molecule has 0 aliphatic heterocycles. The summed E-state index contributed by atoms with van der Waals surface area (Å²) < 4.78 is 0. The van der Waals surface area contributed by atoms with Crippen molar-refractivity contribution in [2.75, 3.05) is 6.54 Å². The molecular weight excluding hydrogens is 266 g/mol. The van der Waals surface area contributed by atoms with Crippen LogP contribution in [0.25, 0.3) is 0 Å². The highest BCUT2D eigenvalue weighted by atomic mass is 32.1. The van der Waals surface area contributed by atoms with Gasteiger partial charge in [-0.3, -0.25) is 0 Å². The summed E-state index contributed by atoms with van der Waals surface area (Å²) in [5, 5.41) is 14.2. The Labute approximate surface area is 125 Å². The molecule has 0 radical (unpaired) electrons. The summed E-state index contributed by atoms with van der Waals surface area (Å²) in [5.41, 5.74) is 3.97. The first-order valence-electron chi connectivity index (χ1n) is 7.12. The van der Waals surface area contributed by atoms with Crippen molar-refractivity contribution in [2.45, 2.75) is 40.7 Å². The Bertz CT molecular complexity index is 561. The van der Waals surface area contributed by atoms with Gasteiger partial charge in [0, 0.05) is 13.0 Å². The summed E-state index contributed by atoms with van der Waals surface area (Å²) >= 11 is 1.71. The molecule has 108 valence electrons. The van der Waals surface area contributed by atoms with Gasteiger partial charge in [0.2, 0.25) is 0 Å². The molecule has 1 N–H and O–H groups in total. The summed E-state index contributed by atoms with van der Waals surface area (Å²) in [6.45, 7) is 10.5. The highest BCUT2D eigenvalue weighted by Gasteiger charge is 2.07.